The minimum atomic E-state index is 0.206. The maximum Gasteiger partial charge on any atom is 0.122 e. The van der Waals surface area contributed by atoms with Crippen LogP contribution in [0.5, 0.6) is 5.75 Å². The molecule has 0 aromatic heterocycles. The zero-order chi connectivity index (χ0) is 12.8. The van der Waals surface area contributed by atoms with Crippen LogP contribution in [0.1, 0.15) is 24.8 Å². The molecule has 0 radical (unpaired) electrons. The van der Waals surface area contributed by atoms with Crippen molar-refractivity contribution >= 4 is 0 Å². The topological polar surface area (TPSA) is 38.7 Å². The summed E-state index contributed by atoms with van der Waals surface area (Å²) in [6, 6.07) is 8.02. The van der Waals surface area contributed by atoms with Gasteiger partial charge in [0.15, 0.2) is 0 Å². The first-order chi connectivity index (χ1) is 8.83. The highest BCUT2D eigenvalue weighted by Gasteiger charge is 2.21. The highest BCUT2D eigenvalue weighted by Crippen LogP contribution is 2.26. The molecular weight excluding hydrogens is 228 g/mol. The van der Waals surface area contributed by atoms with Gasteiger partial charge in [-0.1, -0.05) is 18.2 Å². The third-order valence-electron chi connectivity index (χ3n) is 3.58. The Morgan fingerprint density at radius 3 is 2.94 bits per heavy atom. The molecule has 0 bridgehead atoms. The van der Waals surface area contributed by atoms with Crippen molar-refractivity contribution in [2.45, 2.75) is 31.8 Å². The van der Waals surface area contributed by atoms with Crippen molar-refractivity contribution < 1.29 is 14.6 Å². The van der Waals surface area contributed by atoms with Crippen LogP contribution in [0.25, 0.3) is 0 Å². The van der Waals surface area contributed by atoms with Gasteiger partial charge in [0, 0.05) is 13.2 Å². The molecule has 1 aromatic carbocycles. The van der Waals surface area contributed by atoms with Crippen molar-refractivity contribution in [1.82, 2.24) is 0 Å². The number of aliphatic hydroxyl groups excluding tert-OH is 1. The molecule has 0 spiro atoms. The molecule has 1 fully saturated rings. The second-order valence-corrected chi connectivity index (χ2v) is 4.94. The summed E-state index contributed by atoms with van der Waals surface area (Å²) in [4.78, 5) is 0. The van der Waals surface area contributed by atoms with Crippen LogP contribution in [-0.4, -0.2) is 31.5 Å². The molecule has 0 saturated carbocycles. The number of benzene rings is 1. The molecule has 1 aromatic rings. The average molecular weight is 250 g/mol. The Morgan fingerprint density at radius 2 is 2.28 bits per heavy atom. The van der Waals surface area contributed by atoms with Crippen LogP contribution >= 0.6 is 0 Å². The van der Waals surface area contributed by atoms with Gasteiger partial charge in [0.2, 0.25) is 0 Å². The first-order valence-electron chi connectivity index (χ1n) is 6.68. The summed E-state index contributed by atoms with van der Waals surface area (Å²) in [5.41, 5.74) is 1.16. The van der Waals surface area contributed by atoms with Crippen LogP contribution < -0.4 is 4.74 Å². The molecule has 2 unspecified atom stereocenters. The molecule has 1 aliphatic rings. The SMILES string of the molecule is COc1ccccc1CC(CO)CC1CCCO1. The van der Waals surface area contributed by atoms with Gasteiger partial charge in [-0.25, -0.2) is 0 Å². The van der Waals surface area contributed by atoms with E-state index in [0.717, 1.165) is 43.6 Å². The van der Waals surface area contributed by atoms with Crippen LogP contribution in [0.3, 0.4) is 0 Å². The Labute approximate surface area is 109 Å². The van der Waals surface area contributed by atoms with Crippen molar-refractivity contribution in [3.63, 3.8) is 0 Å². The third kappa shape index (κ3) is 3.47. The van der Waals surface area contributed by atoms with Gasteiger partial charge in [0.25, 0.3) is 0 Å². The predicted molar refractivity (Wildman–Crippen MR) is 70.9 cm³/mol. The maximum atomic E-state index is 9.51. The van der Waals surface area contributed by atoms with Gasteiger partial charge in [0.1, 0.15) is 5.75 Å². The third-order valence-corrected chi connectivity index (χ3v) is 3.58. The second-order valence-electron chi connectivity index (χ2n) is 4.94. The van der Waals surface area contributed by atoms with Gasteiger partial charge in [-0.2, -0.15) is 0 Å². The Morgan fingerprint density at radius 1 is 1.44 bits per heavy atom. The molecule has 2 rings (SSSR count). The van der Waals surface area contributed by atoms with Crippen LogP contribution in [0.2, 0.25) is 0 Å². The minimum absolute atomic E-state index is 0.206. The fraction of sp³-hybridized carbons (Fsp3) is 0.600. The Kier molecular flexibility index (Phi) is 5.02. The summed E-state index contributed by atoms with van der Waals surface area (Å²) in [6.45, 7) is 1.08. The smallest absolute Gasteiger partial charge is 0.122 e. The standard InChI is InChI=1S/C15H22O3/c1-17-15-7-3-2-5-13(15)9-12(11-16)10-14-6-4-8-18-14/h2-3,5,7,12,14,16H,4,6,8-11H2,1H3. The van der Waals surface area contributed by atoms with E-state index in [1.807, 2.05) is 18.2 Å². The molecule has 18 heavy (non-hydrogen) atoms. The molecule has 3 nitrogen and oxygen atoms in total. The van der Waals surface area contributed by atoms with Crippen molar-refractivity contribution in [3.05, 3.63) is 29.8 Å². The Bertz CT molecular complexity index is 359. The Balaban J connectivity index is 1.96. The average Bonchev–Trinajstić information content (AvgIpc) is 2.91. The van der Waals surface area contributed by atoms with Crippen molar-refractivity contribution in [2.75, 3.05) is 20.3 Å². The highest BCUT2D eigenvalue weighted by atomic mass is 16.5. The summed E-state index contributed by atoms with van der Waals surface area (Å²) in [5.74, 6) is 1.16. The predicted octanol–water partition coefficient (Wildman–Crippen LogP) is 2.42. The normalized spacial score (nSPS) is 20.9. The lowest BCUT2D eigenvalue weighted by molar-refractivity contribution is 0.0764. The van der Waals surface area contributed by atoms with Crippen LogP contribution in [0.15, 0.2) is 24.3 Å². The number of rotatable bonds is 6. The molecule has 1 saturated heterocycles. The lowest BCUT2D eigenvalue weighted by Gasteiger charge is -2.19. The van der Waals surface area contributed by atoms with Crippen molar-refractivity contribution in [2.24, 2.45) is 5.92 Å². The first kappa shape index (κ1) is 13.4. The van der Waals surface area contributed by atoms with E-state index in [2.05, 4.69) is 6.07 Å². The number of aliphatic hydroxyl groups is 1. The molecule has 0 amide bonds. The van der Waals surface area contributed by atoms with E-state index in [-0.39, 0.29) is 12.5 Å². The zero-order valence-corrected chi connectivity index (χ0v) is 11.0. The van der Waals surface area contributed by atoms with Gasteiger partial charge >= 0.3 is 0 Å². The van der Waals surface area contributed by atoms with Crippen LogP contribution in [0, 0.1) is 5.92 Å². The molecule has 1 heterocycles. The van der Waals surface area contributed by atoms with Crippen LogP contribution in [0.4, 0.5) is 0 Å². The van der Waals surface area contributed by atoms with E-state index in [9.17, 15) is 5.11 Å². The lowest BCUT2D eigenvalue weighted by Crippen LogP contribution is -2.18. The quantitative estimate of drug-likeness (QED) is 0.842. The molecule has 0 aliphatic carbocycles. The number of hydrogen-bond acceptors (Lipinski definition) is 3. The fourth-order valence-corrected chi connectivity index (χ4v) is 2.61. The van der Waals surface area contributed by atoms with Crippen molar-refractivity contribution in [1.29, 1.82) is 0 Å². The number of para-hydroxylation sites is 1. The number of methoxy groups -OCH3 is 1. The largest absolute Gasteiger partial charge is 0.496 e. The van der Waals surface area contributed by atoms with Gasteiger partial charge in [-0.15, -0.1) is 0 Å². The number of ether oxygens (including phenoxy) is 2. The van der Waals surface area contributed by atoms with E-state index < -0.39 is 0 Å². The number of hydrogen-bond donors (Lipinski definition) is 1. The lowest BCUT2D eigenvalue weighted by atomic mass is 9.93. The molecule has 100 valence electrons. The fourth-order valence-electron chi connectivity index (χ4n) is 2.61. The first-order valence-corrected chi connectivity index (χ1v) is 6.68. The minimum Gasteiger partial charge on any atom is -0.496 e. The van der Waals surface area contributed by atoms with Gasteiger partial charge in [0.05, 0.1) is 13.2 Å². The zero-order valence-electron chi connectivity index (χ0n) is 11.0. The summed E-state index contributed by atoms with van der Waals surface area (Å²) >= 11 is 0. The van der Waals surface area contributed by atoms with Gasteiger partial charge in [-0.3, -0.25) is 0 Å². The van der Waals surface area contributed by atoms with Crippen molar-refractivity contribution in [3.8, 4) is 5.75 Å². The molecule has 1 N–H and O–H groups in total. The maximum absolute atomic E-state index is 9.51. The molecule has 1 aliphatic heterocycles. The molecular formula is C15H22O3. The van der Waals surface area contributed by atoms with Crippen LogP contribution in [-0.2, 0) is 11.2 Å². The van der Waals surface area contributed by atoms with E-state index in [4.69, 9.17) is 9.47 Å². The van der Waals surface area contributed by atoms with E-state index >= 15 is 0 Å². The monoisotopic (exact) mass is 250 g/mol. The summed E-state index contributed by atoms with van der Waals surface area (Å²) in [7, 11) is 1.69. The van der Waals surface area contributed by atoms with E-state index in [1.54, 1.807) is 7.11 Å². The van der Waals surface area contributed by atoms with E-state index in [0.29, 0.717) is 6.10 Å². The molecule has 3 heteroatoms. The Hall–Kier alpha value is -1.06. The van der Waals surface area contributed by atoms with Gasteiger partial charge in [-0.05, 0) is 43.2 Å². The molecule has 2 atom stereocenters. The van der Waals surface area contributed by atoms with Gasteiger partial charge < -0.3 is 14.6 Å². The summed E-state index contributed by atoms with van der Waals surface area (Å²) in [5, 5.41) is 9.51. The van der Waals surface area contributed by atoms with E-state index in [1.165, 1.54) is 0 Å². The summed E-state index contributed by atoms with van der Waals surface area (Å²) in [6.07, 6.45) is 4.39. The summed E-state index contributed by atoms with van der Waals surface area (Å²) < 4.78 is 11.0. The second kappa shape index (κ2) is 6.76. The highest BCUT2D eigenvalue weighted by molar-refractivity contribution is 5.33.